The molecule has 13 nitrogen and oxygen atoms in total. The molecule has 0 aliphatic carbocycles. The lowest BCUT2D eigenvalue weighted by Gasteiger charge is -2.18. The van der Waals surface area contributed by atoms with Gasteiger partial charge in [0.25, 0.3) is 5.56 Å². The van der Waals surface area contributed by atoms with Gasteiger partial charge in [0.15, 0.2) is 17.4 Å². The molecule has 3 heterocycles. The van der Waals surface area contributed by atoms with E-state index in [1.54, 1.807) is 12.1 Å². The van der Waals surface area contributed by atoms with Crippen molar-refractivity contribution in [2.24, 2.45) is 5.10 Å². The maximum absolute atomic E-state index is 12.2. The SMILES string of the molecule is Nc1nc2c(nc(NN=Cc3ccc(O)cc3)n2C2OC(CO)C(O)C2O)c(=O)[nH]1. The molecule has 0 radical (unpaired) electrons. The predicted octanol–water partition coefficient (Wildman–Crippen LogP) is -1.54. The van der Waals surface area contributed by atoms with Crippen molar-refractivity contribution < 1.29 is 25.2 Å². The minimum absolute atomic E-state index is 0.00609. The van der Waals surface area contributed by atoms with Crippen molar-refractivity contribution in [2.45, 2.75) is 24.5 Å². The second-order valence-corrected chi connectivity index (χ2v) is 6.62. The maximum atomic E-state index is 12.2. The van der Waals surface area contributed by atoms with Crippen LogP contribution in [-0.4, -0.2) is 71.1 Å². The zero-order valence-electron chi connectivity index (χ0n) is 15.4. The third-order valence-electron chi connectivity index (χ3n) is 4.61. The monoisotopic (exact) mass is 417 g/mol. The molecule has 1 aromatic carbocycles. The van der Waals surface area contributed by atoms with E-state index in [1.165, 1.54) is 22.9 Å². The van der Waals surface area contributed by atoms with E-state index >= 15 is 0 Å². The van der Waals surface area contributed by atoms with Crippen molar-refractivity contribution >= 4 is 29.3 Å². The van der Waals surface area contributed by atoms with Crippen LogP contribution in [0.5, 0.6) is 5.75 Å². The van der Waals surface area contributed by atoms with Gasteiger partial charge in [-0.3, -0.25) is 14.3 Å². The molecule has 0 spiro atoms. The van der Waals surface area contributed by atoms with Gasteiger partial charge in [-0.1, -0.05) is 0 Å². The highest BCUT2D eigenvalue weighted by Gasteiger charge is 2.45. The summed E-state index contributed by atoms with van der Waals surface area (Å²) >= 11 is 0. The number of aliphatic hydroxyl groups excluding tert-OH is 3. The molecule has 13 heteroatoms. The lowest BCUT2D eigenvalue weighted by molar-refractivity contribution is -0.0501. The number of anilines is 2. The van der Waals surface area contributed by atoms with E-state index in [9.17, 15) is 25.2 Å². The van der Waals surface area contributed by atoms with Gasteiger partial charge in [-0.15, -0.1) is 0 Å². The lowest BCUT2D eigenvalue weighted by Crippen LogP contribution is -2.33. The van der Waals surface area contributed by atoms with E-state index in [1.807, 2.05) is 0 Å². The Hall–Kier alpha value is -3.52. The van der Waals surface area contributed by atoms with Crippen LogP contribution in [0.15, 0.2) is 34.2 Å². The van der Waals surface area contributed by atoms with E-state index in [4.69, 9.17) is 10.5 Å². The van der Waals surface area contributed by atoms with Gasteiger partial charge in [0.2, 0.25) is 11.9 Å². The highest BCUT2D eigenvalue weighted by Crippen LogP contribution is 2.33. The number of nitrogens with two attached hydrogens (primary N) is 1. The summed E-state index contributed by atoms with van der Waals surface area (Å²) in [5.74, 6) is -0.0906. The highest BCUT2D eigenvalue weighted by molar-refractivity contribution is 5.80. The summed E-state index contributed by atoms with van der Waals surface area (Å²) in [7, 11) is 0. The Morgan fingerprint density at radius 2 is 2.00 bits per heavy atom. The van der Waals surface area contributed by atoms with Crippen LogP contribution in [0.25, 0.3) is 11.2 Å². The van der Waals surface area contributed by atoms with Gasteiger partial charge in [-0.05, 0) is 29.8 Å². The molecule has 30 heavy (non-hydrogen) atoms. The standard InChI is InChI=1S/C17H19N7O6/c18-16-21-13-10(14(29)22-16)20-17(23-19-5-7-1-3-8(26)4-2-7)24(13)15-12(28)11(27)9(6-25)30-15/h1-5,9,11-12,15,25-28H,6H2,(H,20,23)(H3,18,21,22,29). The molecule has 8 N–H and O–H groups in total. The summed E-state index contributed by atoms with van der Waals surface area (Å²) in [5, 5.41) is 43.2. The molecule has 4 unspecified atom stereocenters. The number of aromatic amines is 1. The normalized spacial score (nSPS) is 24.1. The van der Waals surface area contributed by atoms with Gasteiger partial charge < -0.3 is 30.9 Å². The molecule has 158 valence electrons. The number of ether oxygens (including phenoxy) is 1. The number of aromatic nitrogens is 4. The first-order valence-corrected chi connectivity index (χ1v) is 8.87. The number of aromatic hydroxyl groups is 1. The Kier molecular flexibility index (Phi) is 5.09. The Bertz CT molecular complexity index is 1140. The molecule has 4 rings (SSSR count). The average Bonchev–Trinajstić information content (AvgIpc) is 3.21. The largest absolute Gasteiger partial charge is 0.508 e. The molecule has 3 aromatic rings. The quantitative estimate of drug-likeness (QED) is 0.188. The van der Waals surface area contributed by atoms with Gasteiger partial charge in [0.1, 0.15) is 24.1 Å². The number of rotatable bonds is 5. The molecular formula is C17H19N7O6. The molecular weight excluding hydrogens is 398 g/mol. The van der Waals surface area contributed by atoms with E-state index in [0.29, 0.717) is 5.56 Å². The number of nitrogen functional groups attached to an aromatic ring is 1. The van der Waals surface area contributed by atoms with Gasteiger partial charge in [0.05, 0.1) is 12.8 Å². The van der Waals surface area contributed by atoms with Crippen molar-refractivity contribution in [2.75, 3.05) is 17.8 Å². The van der Waals surface area contributed by atoms with Crippen LogP contribution in [0.1, 0.15) is 11.8 Å². The van der Waals surface area contributed by atoms with Gasteiger partial charge in [-0.2, -0.15) is 10.1 Å². The van der Waals surface area contributed by atoms with Crippen LogP contribution in [0.4, 0.5) is 11.9 Å². The molecule has 1 aliphatic rings. The summed E-state index contributed by atoms with van der Waals surface area (Å²) in [6.07, 6.45) is -3.64. The smallest absolute Gasteiger partial charge is 0.280 e. The fraction of sp³-hybridized carbons (Fsp3) is 0.294. The third kappa shape index (κ3) is 3.46. The molecule has 0 amide bonds. The van der Waals surface area contributed by atoms with Crippen molar-refractivity contribution in [1.82, 2.24) is 19.5 Å². The van der Waals surface area contributed by atoms with E-state index in [-0.39, 0.29) is 28.8 Å². The number of nitrogens with one attached hydrogen (secondary N) is 2. The molecule has 1 fully saturated rings. The Morgan fingerprint density at radius 3 is 2.67 bits per heavy atom. The van der Waals surface area contributed by atoms with Gasteiger partial charge in [-0.25, -0.2) is 10.4 Å². The maximum Gasteiger partial charge on any atom is 0.280 e. The predicted molar refractivity (Wildman–Crippen MR) is 105 cm³/mol. The number of hydrogen-bond acceptors (Lipinski definition) is 11. The number of hydrazone groups is 1. The first-order chi connectivity index (χ1) is 14.4. The number of nitrogens with zero attached hydrogens (tertiary/aromatic N) is 4. The number of phenolic OH excluding ortho intramolecular Hbond substituents is 1. The first kappa shape index (κ1) is 19.8. The van der Waals surface area contributed by atoms with Gasteiger partial charge in [0, 0.05) is 0 Å². The summed E-state index contributed by atoms with van der Waals surface area (Å²) < 4.78 is 6.78. The first-order valence-electron chi connectivity index (χ1n) is 8.87. The van der Waals surface area contributed by atoms with Crippen molar-refractivity contribution in [3.05, 3.63) is 40.2 Å². The third-order valence-corrected chi connectivity index (χ3v) is 4.61. The van der Waals surface area contributed by atoms with Crippen LogP contribution in [0.2, 0.25) is 0 Å². The van der Waals surface area contributed by atoms with Crippen molar-refractivity contribution in [1.29, 1.82) is 0 Å². The molecule has 1 aliphatic heterocycles. The fourth-order valence-corrected chi connectivity index (χ4v) is 3.14. The van der Waals surface area contributed by atoms with Crippen molar-refractivity contribution in [3.63, 3.8) is 0 Å². The van der Waals surface area contributed by atoms with E-state index in [2.05, 4.69) is 25.5 Å². The second kappa shape index (κ2) is 7.72. The van der Waals surface area contributed by atoms with Crippen molar-refractivity contribution in [3.8, 4) is 5.75 Å². The highest BCUT2D eigenvalue weighted by atomic mass is 16.6. The summed E-state index contributed by atoms with van der Waals surface area (Å²) in [4.78, 5) is 22.8. The number of H-pyrrole nitrogens is 1. The summed E-state index contributed by atoms with van der Waals surface area (Å²) in [6, 6.07) is 6.23. The zero-order valence-corrected chi connectivity index (χ0v) is 15.4. The van der Waals surface area contributed by atoms with Crippen LogP contribution in [-0.2, 0) is 4.74 Å². The number of aliphatic hydroxyl groups is 3. The van der Waals surface area contributed by atoms with Crippen LogP contribution in [0, 0.1) is 0 Å². The van der Waals surface area contributed by atoms with Crippen LogP contribution >= 0.6 is 0 Å². The summed E-state index contributed by atoms with van der Waals surface area (Å²) in [5.41, 5.74) is 8.23. The number of phenols is 1. The number of hydrogen-bond donors (Lipinski definition) is 7. The molecule has 0 bridgehead atoms. The minimum atomic E-state index is -1.44. The average molecular weight is 417 g/mol. The van der Waals surface area contributed by atoms with Crippen LogP contribution < -0.4 is 16.7 Å². The Labute approximate surface area is 168 Å². The second-order valence-electron chi connectivity index (χ2n) is 6.62. The molecule has 2 aromatic heterocycles. The minimum Gasteiger partial charge on any atom is -0.508 e. The fourth-order valence-electron chi connectivity index (χ4n) is 3.14. The number of fused-ring (bicyclic) bond motifs is 1. The number of imidazole rings is 1. The van der Waals surface area contributed by atoms with E-state index < -0.39 is 36.7 Å². The van der Waals surface area contributed by atoms with E-state index in [0.717, 1.165) is 0 Å². The van der Waals surface area contributed by atoms with Crippen LogP contribution in [0.3, 0.4) is 0 Å². The Morgan fingerprint density at radius 1 is 1.27 bits per heavy atom. The van der Waals surface area contributed by atoms with Gasteiger partial charge >= 0.3 is 0 Å². The topological polar surface area (TPSA) is 204 Å². The molecule has 4 atom stereocenters. The molecule has 1 saturated heterocycles. The zero-order chi connectivity index (χ0) is 21.4. The summed E-state index contributed by atoms with van der Waals surface area (Å²) in [6.45, 7) is -0.528. The molecule has 0 saturated carbocycles. The number of benzene rings is 1. The Balaban J connectivity index is 1.75. The lowest BCUT2D eigenvalue weighted by atomic mass is 10.1.